The maximum Gasteiger partial charge on any atom is 0.366 e. The molecular formula is C25H22ClFN2O4. The minimum absolute atomic E-state index is 0.0934. The third-order valence-corrected chi connectivity index (χ3v) is 5.71. The van der Waals surface area contributed by atoms with Gasteiger partial charge in [0.1, 0.15) is 12.5 Å². The van der Waals surface area contributed by atoms with Gasteiger partial charge in [-0.05, 0) is 28.8 Å². The molecule has 4 rings (SSSR count). The van der Waals surface area contributed by atoms with Crippen LogP contribution in [0.2, 0.25) is 5.02 Å². The van der Waals surface area contributed by atoms with Crippen LogP contribution >= 0.6 is 11.6 Å². The first-order valence-corrected chi connectivity index (χ1v) is 10.8. The quantitative estimate of drug-likeness (QED) is 0.397. The fraction of sp³-hybridized carbons (Fsp3) is 0.200. The standard InChI is InChI=1S/C25H22ClFN2O4/c1-15(2)22-23(20-9-5-7-16-6-3-4-8-19(16)20)28(25(31)29(32)24(22)30)14-33-13-17-10-11-18(26)12-21(17)27/h3-12,15,32H,13-14H2,1-2H3. The van der Waals surface area contributed by atoms with E-state index >= 15 is 0 Å². The van der Waals surface area contributed by atoms with Gasteiger partial charge >= 0.3 is 5.69 Å². The molecule has 170 valence electrons. The molecule has 0 atom stereocenters. The molecule has 0 saturated carbocycles. The minimum Gasteiger partial charge on any atom is -0.421 e. The van der Waals surface area contributed by atoms with Gasteiger partial charge in [0.15, 0.2) is 0 Å². The lowest BCUT2D eigenvalue weighted by molar-refractivity contribution is 0.0516. The highest BCUT2D eigenvalue weighted by Crippen LogP contribution is 2.32. The minimum atomic E-state index is -0.941. The Morgan fingerprint density at radius 1 is 1.06 bits per heavy atom. The van der Waals surface area contributed by atoms with Crippen molar-refractivity contribution in [2.75, 3.05) is 0 Å². The van der Waals surface area contributed by atoms with Crippen molar-refractivity contribution in [1.29, 1.82) is 0 Å². The van der Waals surface area contributed by atoms with Gasteiger partial charge in [-0.3, -0.25) is 9.36 Å². The zero-order chi connectivity index (χ0) is 23.7. The van der Waals surface area contributed by atoms with Crippen LogP contribution in [0.1, 0.15) is 30.9 Å². The molecule has 6 nitrogen and oxygen atoms in total. The summed E-state index contributed by atoms with van der Waals surface area (Å²) >= 11 is 5.80. The summed E-state index contributed by atoms with van der Waals surface area (Å²) in [6.07, 6.45) is 0. The van der Waals surface area contributed by atoms with Crippen molar-refractivity contribution < 1.29 is 14.3 Å². The number of hydrogen-bond donors (Lipinski definition) is 1. The molecule has 0 unspecified atom stereocenters. The molecule has 0 saturated heterocycles. The van der Waals surface area contributed by atoms with Crippen LogP contribution in [0.3, 0.4) is 0 Å². The molecule has 0 aliphatic heterocycles. The number of aromatic nitrogens is 2. The van der Waals surface area contributed by atoms with Crippen LogP contribution in [-0.2, 0) is 18.1 Å². The van der Waals surface area contributed by atoms with E-state index in [0.29, 0.717) is 11.3 Å². The topological polar surface area (TPSA) is 73.5 Å². The number of rotatable bonds is 6. The van der Waals surface area contributed by atoms with Crippen LogP contribution in [0.4, 0.5) is 4.39 Å². The second-order valence-corrected chi connectivity index (χ2v) is 8.42. The van der Waals surface area contributed by atoms with E-state index in [1.54, 1.807) is 6.07 Å². The third kappa shape index (κ3) is 4.29. The van der Waals surface area contributed by atoms with Gasteiger partial charge in [-0.2, -0.15) is 0 Å². The van der Waals surface area contributed by atoms with E-state index in [1.165, 1.54) is 16.7 Å². The highest BCUT2D eigenvalue weighted by molar-refractivity contribution is 6.30. The molecule has 8 heteroatoms. The molecule has 0 fully saturated rings. The van der Waals surface area contributed by atoms with Gasteiger partial charge in [0.2, 0.25) is 0 Å². The van der Waals surface area contributed by atoms with Gasteiger partial charge in [0.25, 0.3) is 5.56 Å². The first-order chi connectivity index (χ1) is 15.8. The Bertz CT molecular complexity index is 1450. The van der Waals surface area contributed by atoms with Crippen molar-refractivity contribution in [3.8, 4) is 11.3 Å². The Morgan fingerprint density at radius 3 is 2.52 bits per heavy atom. The fourth-order valence-corrected chi connectivity index (χ4v) is 4.06. The third-order valence-electron chi connectivity index (χ3n) is 5.48. The first kappa shape index (κ1) is 22.8. The molecule has 0 aliphatic carbocycles. The van der Waals surface area contributed by atoms with Gasteiger partial charge in [0, 0.05) is 21.7 Å². The van der Waals surface area contributed by atoms with E-state index in [4.69, 9.17) is 16.3 Å². The molecule has 3 aromatic carbocycles. The van der Waals surface area contributed by atoms with Crippen LogP contribution in [0.25, 0.3) is 22.0 Å². The highest BCUT2D eigenvalue weighted by Gasteiger charge is 2.23. The molecule has 0 spiro atoms. The molecule has 1 heterocycles. The van der Waals surface area contributed by atoms with Gasteiger partial charge in [0.05, 0.1) is 12.3 Å². The van der Waals surface area contributed by atoms with Crippen LogP contribution in [0.5, 0.6) is 0 Å². The summed E-state index contributed by atoms with van der Waals surface area (Å²) in [4.78, 5) is 25.8. The molecule has 0 radical (unpaired) electrons. The van der Waals surface area contributed by atoms with Crippen molar-refractivity contribution in [3.05, 3.63) is 103 Å². The molecule has 0 aliphatic rings. The van der Waals surface area contributed by atoms with Crippen LogP contribution < -0.4 is 11.2 Å². The molecule has 1 N–H and O–H groups in total. The number of benzene rings is 3. The number of nitrogens with zero attached hydrogens (tertiary/aromatic N) is 2. The van der Waals surface area contributed by atoms with E-state index in [9.17, 15) is 19.2 Å². The Labute approximate surface area is 194 Å². The summed E-state index contributed by atoms with van der Waals surface area (Å²) in [6.45, 7) is 3.18. The summed E-state index contributed by atoms with van der Waals surface area (Å²) in [5.41, 5.74) is -0.163. The maximum absolute atomic E-state index is 14.1. The summed E-state index contributed by atoms with van der Waals surface area (Å²) in [7, 11) is 0. The summed E-state index contributed by atoms with van der Waals surface area (Å²) in [5, 5.41) is 12.3. The smallest absolute Gasteiger partial charge is 0.366 e. The number of halogens is 2. The molecule has 0 bridgehead atoms. The molecule has 33 heavy (non-hydrogen) atoms. The Balaban J connectivity index is 1.87. The second kappa shape index (κ2) is 9.21. The molecular weight excluding hydrogens is 447 g/mol. The Morgan fingerprint density at radius 2 is 1.79 bits per heavy atom. The number of ether oxygens (including phenoxy) is 1. The van der Waals surface area contributed by atoms with Gasteiger partial charge < -0.3 is 9.94 Å². The van der Waals surface area contributed by atoms with Gasteiger partial charge in [-0.25, -0.2) is 9.18 Å². The Hall–Kier alpha value is -3.42. The fourth-order valence-electron chi connectivity index (χ4n) is 3.91. The van der Waals surface area contributed by atoms with Crippen LogP contribution in [0.15, 0.2) is 70.3 Å². The van der Waals surface area contributed by atoms with Crippen molar-refractivity contribution in [2.45, 2.75) is 33.1 Å². The number of hydrogen-bond acceptors (Lipinski definition) is 4. The van der Waals surface area contributed by atoms with Crippen LogP contribution in [0, 0.1) is 5.82 Å². The molecule has 4 aromatic rings. The predicted molar refractivity (Wildman–Crippen MR) is 125 cm³/mol. The van der Waals surface area contributed by atoms with Gasteiger partial charge in [-0.15, -0.1) is 0 Å². The molecule has 1 aromatic heterocycles. The van der Waals surface area contributed by atoms with E-state index in [2.05, 4.69) is 0 Å². The van der Waals surface area contributed by atoms with E-state index < -0.39 is 17.1 Å². The lowest BCUT2D eigenvalue weighted by Gasteiger charge is -2.20. The van der Waals surface area contributed by atoms with Crippen molar-refractivity contribution in [1.82, 2.24) is 9.30 Å². The SMILES string of the molecule is CC(C)c1c(-c2cccc3ccccc23)n(COCc2ccc(Cl)cc2F)c(=O)n(O)c1=O. The van der Waals surface area contributed by atoms with Crippen molar-refractivity contribution in [2.24, 2.45) is 0 Å². The zero-order valence-electron chi connectivity index (χ0n) is 18.1. The lowest BCUT2D eigenvalue weighted by atomic mass is 9.94. The average Bonchev–Trinajstić information content (AvgIpc) is 2.79. The van der Waals surface area contributed by atoms with E-state index in [-0.39, 0.29) is 40.1 Å². The van der Waals surface area contributed by atoms with Crippen molar-refractivity contribution in [3.63, 3.8) is 0 Å². The molecule has 0 amide bonds. The first-order valence-electron chi connectivity index (χ1n) is 10.4. The predicted octanol–water partition coefficient (Wildman–Crippen LogP) is 5.16. The largest absolute Gasteiger partial charge is 0.421 e. The lowest BCUT2D eigenvalue weighted by Crippen LogP contribution is -2.42. The number of fused-ring (bicyclic) bond motifs is 1. The van der Waals surface area contributed by atoms with Crippen LogP contribution in [-0.4, -0.2) is 14.5 Å². The van der Waals surface area contributed by atoms with E-state index in [0.717, 1.165) is 10.8 Å². The maximum atomic E-state index is 14.1. The van der Waals surface area contributed by atoms with Gasteiger partial charge in [-0.1, -0.05) is 78.7 Å². The van der Waals surface area contributed by atoms with E-state index in [1.807, 2.05) is 56.3 Å². The summed E-state index contributed by atoms with van der Waals surface area (Å²) in [6, 6.07) is 17.4. The normalized spacial score (nSPS) is 11.4. The summed E-state index contributed by atoms with van der Waals surface area (Å²) < 4.78 is 21.1. The average molecular weight is 469 g/mol. The zero-order valence-corrected chi connectivity index (χ0v) is 18.8. The monoisotopic (exact) mass is 468 g/mol. The highest BCUT2D eigenvalue weighted by atomic mass is 35.5. The second-order valence-electron chi connectivity index (χ2n) is 7.98. The Kier molecular flexibility index (Phi) is 6.35. The summed E-state index contributed by atoms with van der Waals surface area (Å²) in [5.74, 6) is -0.829. The van der Waals surface area contributed by atoms with Crippen molar-refractivity contribution >= 4 is 22.4 Å².